The lowest BCUT2D eigenvalue weighted by Gasteiger charge is -2.27. The molecule has 0 bridgehead atoms. The van der Waals surface area contributed by atoms with Gasteiger partial charge in [0.2, 0.25) is 11.7 Å². The average molecular weight is 228 g/mol. The van der Waals surface area contributed by atoms with Crippen molar-refractivity contribution in [1.82, 2.24) is 9.55 Å². The van der Waals surface area contributed by atoms with Gasteiger partial charge in [-0.05, 0) is 32.6 Å². The number of nitrogens with zero attached hydrogens (tertiary/aromatic N) is 1. The van der Waals surface area contributed by atoms with Crippen LogP contribution in [0.2, 0.25) is 0 Å². The largest absolute Gasteiger partial charge is 0.492 e. The van der Waals surface area contributed by atoms with Crippen molar-refractivity contribution in [2.75, 3.05) is 0 Å². The maximum absolute atomic E-state index is 13.2. The molecule has 1 aliphatic rings. The predicted molar refractivity (Wildman–Crippen MR) is 55.0 cm³/mol. The smallest absolute Gasteiger partial charge is 0.331 e. The summed E-state index contributed by atoms with van der Waals surface area (Å²) in [5.74, 6) is -1.97. The van der Waals surface area contributed by atoms with Crippen molar-refractivity contribution in [2.24, 2.45) is 5.92 Å². The summed E-state index contributed by atoms with van der Waals surface area (Å²) in [6.07, 6.45) is 1.86. The van der Waals surface area contributed by atoms with E-state index in [0.29, 0.717) is 0 Å². The molecular formula is C10H13FN2O3. The summed E-state index contributed by atoms with van der Waals surface area (Å²) < 4.78 is 14.1. The fourth-order valence-electron chi connectivity index (χ4n) is 2.01. The number of aromatic nitrogens is 2. The second kappa shape index (κ2) is 3.20. The van der Waals surface area contributed by atoms with Gasteiger partial charge in [-0.2, -0.15) is 4.39 Å². The zero-order valence-corrected chi connectivity index (χ0v) is 9.08. The number of aromatic hydroxyl groups is 1. The van der Waals surface area contributed by atoms with Gasteiger partial charge >= 0.3 is 5.69 Å². The van der Waals surface area contributed by atoms with Crippen LogP contribution in [0.15, 0.2) is 9.59 Å². The molecule has 0 atom stereocenters. The van der Waals surface area contributed by atoms with Crippen molar-refractivity contribution in [1.29, 1.82) is 0 Å². The van der Waals surface area contributed by atoms with Crippen LogP contribution in [0, 0.1) is 11.7 Å². The number of hydrogen-bond acceptors (Lipinski definition) is 3. The van der Waals surface area contributed by atoms with Crippen LogP contribution in [0.25, 0.3) is 0 Å². The minimum absolute atomic E-state index is 0.224. The molecule has 16 heavy (non-hydrogen) atoms. The quantitative estimate of drug-likeness (QED) is 0.775. The molecule has 0 saturated heterocycles. The molecule has 0 aromatic carbocycles. The molecule has 6 heteroatoms. The van der Waals surface area contributed by atoms with Gasteiger partial charge < -0.3 is 5.11 Å². The van der Waals surface area contributed by atoms with E-state index in [1.165, 1.54) is 0 Å². The van der Waals surface area contributed by atoms with Crippen molar-refractivity contribution < 1.29 is 9.50 Å². The first-order valence-corrected chi connectivity index (χ1v) is 5.10. The zero-order valence-electron chi connectivity index (χ0n) is 9.08. The number of aromatic amines is 1. The number of halogens is 1. The number of H-pyrrole nitrogens is 1. The highest BCUT2D eigenvalue weighted by molar-refractivity contribution is 5.14. The van der Waals surface area contributed by atoms with Gasteiger partial charge in [0.05, 0.1) is 0 Å². The molecule has 2 N–H and O–H groups in total. The molecule has 1 aromatic rings. The molecule has 0 amide bonds. The summed E-state index contributed by atoms with van der Waals surface area (Å²) in [4.78, 5) is 24.3. The molecule has 1 heterocycles. The summed E-state index contributed by atoms with van der Waals surface area (Å²) in [6.45, 7) is 3.48. The second-order valence-corrected chi connectivity index (χ2v) is 4.66. The number of hydrogen-bond donors (Lipinski definition) is 2. The van der Waals surface area contributed by atoms with Gasteiger partial charge in [-0.3, -0.25) is 14.3 Å². The van der Waals surface area contributed by atoms with E-state index in [1.807, 2.05) is 4.98 Å². The highest BCUT2D eigenvalue weighted by atomic mass is 19.1. The minimum Gasteiger partial charge on any atom is -0.492 e. The SMILES string of the molecule is CC(C)(C1CC1)n1c(O)c(F)c(=O)[nH]c1=O. The standard InChI is InChI=1S/C10H13FN2O3/c1-10(2,5-3-4-5)13-8(15)6(11)7(14)12-9(13)16/h5,15H,3-4H2,1-2H3,(H,12,14,16). The molecule has 1 aliphatic carbocycles. The third-order valence-electron chi connectivity index (χ3n) is 3.18. The summed E-state index contributed by atoms with van der Waals surface area (Å²) in [6, 6.07) is 0. The Balaban J connectivity index is 2.69. The maximum atomic E-state index is 13.2. The summed E-state index contributed by atoms with van der Waals surface area (Å²) >= 11 is 0. The van der Waals surface area contributed by atoms with Crippen LogP contribution in [0.4, 0.5) is 4.39 Å². The Morgan fingerprint density at radius 3 is 2.50 bits per heavy atom. The lowest BCUT2D eigenvalue weighted by molar-refractivity contribution is 0.238. The van der Waals surface area contributed by atoms with E-state index in [-0.39, 0.29) is 5.92 Å². The summed E-state index contributed by atoms with van der Waals surface area (Å²) in [5.41, 5.74) is -2.65. The first kappa shape index (κ1) is 10.9. The van der Waals surface area contributed by atoms with Crippen molar-refractivity contribution in [3.63, 3.8) is 0 Å². The van der Waals surface area contributed by atoms with Gasteiger partial charge in [-0.25, -0.2) is 4.79 Å². The van der Waals surface area contributed by atoms with Crippen LogP contribution in [0.1, 0.15) is 26.7 Å². The van der Waals surface area contributed by atoms with E-state index in [4.69, 9.17) is 0 Å². The Labute approximate surface area is 90.5 Å². The van der Waals surface area contributed by atoms with Gasteiger partial charge in [0.15, 0.2) is 0 Å². The zero-order chi connectivity index (χ0) is 12.1. The molecule has 88 valence electrons. The van der Waals surface area contributed by atoms with Gasteiger partial charge in [-0.15, -0.1) is 0 Å². The van der Waals surface area contributed by atoms with Crippen molar-refractivity contribution >= 4 is 0 Å². The average Bonchev–Trinajstić information content (AvgIpc) is 2.96. The van der Waals surface area contributed by atoms with Gasteiger partial charge in [-0.1, -0.05) is 0 Å². The van der Waals surface area contributed by atoms with Crippen LogP contribution in [0.3, 0.4) is 0 Å². The fraction of sp³-hybridized carbons (Fsp3) is 0.600. The first-order chi connectivity index (χ1) is 7.35. The minimum atomic E-state index is -1.31. The molecule has 0 unspecified atom stereocenters. The highest BCUT2D eigenvalue weighted by Crippen LogP contribution is 2.44. The van der Waals surface area contributed by atoms with E-state index in [0.717, 1.165) is 17.4 Å². The molecular weight excluding hydrogens is 215 g/mol. The second-order valence-electron chi connectivity index (χ2n) is 4.66. The lowest BCUT2D eigenvalue weighted by atomic mass is 9.98. The van der Waals surface area contributed by atoms with Crippen LogP contribution in [0.5, 0.6) is 5.88 Å². The number of nitrogens with one attached hydrogen (secondary N) is 1. The Morgan fingerprint density at radius 2 is 2.00 bits per heavy atom. The summed E-state index contributed by atoms with van der Waals surface area (Å²) in [5, 5.41) is 9.54. The highest BCUT2D eigenvalue weighted by Gasteiger charge is 2.41. The fourth-order valence-corrected chi connectivity index (χ4v) is 2.01. The molecule has 0 radical (unpaired) electrons. The Morgan fingerprint density at radius 1 is 1.44 bits per heavy atom. The molecule has 0 aliphatic heterocycles. The van der Waals surface area contributed by atoms with Crippen LogP contribution < -0.4 is 11.2 Å². The van der Waals surface area contributed by atoms with Crippen LogP contribution >= 0.6 is 0 Å². The summed E-state index contributed by atoms with van der Waals surface area (Å²) in [7, 11) is 0. The monoisotopic (exact) mass is 228 g/mol. The van der Waals surface area contributed by atoms with Crippen molar-refractivity contribution in [2.45, 2.75) is 32.2 Å². The van der Waals surface area contributed by atoms with E-state index < -0.39 is 28.5 Å². The first-order valence-electron chi connectivity index (χ1n) is 5.10. The van der Waals surface area contributed by atoms with Crippen molar-refractivity contribution in [3.8, 4) is 5.88 Å². The van der Waals surface area contributed by atoms with E-state index >= 15 is 0 Å². The van der Waals surface area contributed by atoms with Crippen molar-refractivity contribution in [3.05, 3.63) is 26.7 Å². The van der Waals surface area contributed by atoms with Gasteiger partial charge in [0.25, 0.3) is 5.56 Å². The van der Waals surface area contributed by atoms with E-state index in [1.54, 1.807) is 13.8 Å². The van der Waals surface area contributed by atoms with Crippen LogP contribution in [-0.2, 0) is 5.54 Å². The van der Waals surface area contributed by atoms with Gasteiger partial charge in [0.1, 0.15) is 0 Å². The molecule has 1 saturated carbocycles. The maximum Gasteiger partial charge on any atom is 0.331 e. The Hall–Kier alpha value is -1.59. The molecule has 5 nitrogen and oxygen atoms in total. The number of rotatable bonds is 2. The lowest BCUT2D eigenvalue weighted by Crippen LogP contribution is -2.42. The van der Waals surface area contributed by atoms with Gasteiger partial charge in [0, 0.05) is 5.54 Å². The Bertz CT molecular complexity index is 540. The topological polar surface area (TPSA) is 75.1 Å². The normalized spacial score (nSPS) is 16.4. The van der Waals surface area contributed by atoms with Crippen LogP contribution in [-0.4, -0.2) is 14.7 Å². The van der Waals surface area contributed by atoms with E-state index in [2.05, 4.69) is 0 Å². The van der Waals surface area contributed by atoms with E-state index in [9.17, 15) is 19.1 Å². The Kier molecular flexibility index (Phi) is 2.18. The third-order valence-corrected chi connectivity index (χ3v) is 3.18. The molecule has 0 spiro atoms. The predicted octanol–water partition coefficient (Wildman–Crippen LogP) is 0.526. The third kappa shape index (κ3) is 1.45. The molecule has 2 rings (SSSR count). The molecule has 1 aromatic heterocycles. The molecule has 1 fully saturated rings.